The van der Waals surface area contributed by atoms with E-state index in [4.69, 9.17) is 4.42 Å². The van der Waals surface area contributed by atoms with Gasteiger partial charge in [-0.1, -0.05) is 237 Å². The minimum absolute atomic E-state index is 0.854. The fourth-order valence-corrected chi connectivity index (χ4v) is 11.4. The smallest absolute Gasteiger partial charge is 0.145 e. The highest BCUT2D eigenvalue weighted by atomic mass is 16.3. The molecule has 0 saturated carbocycles. The SMILES string of the molecule is c1ccc(-c2cc(-c3ccccc3)cc(-c3ccccc3-c3ccc(N(c4ccc(-c5ccc(-c6cccc7ccccc67)cc5)cc4)c4ccc(-c5cccc6ccccc56)c5oc6ccccc6c45)cc3)c2)cc1. The van der Waals surface area contributed by atoms with E-state index in [0.29, 0.717) is 0 Å². The molecule has 0 fully saturated rings. The van der Waals surface area contributed by atoms with Gasteiger partial charge < -0.3 is 9.32 Å². The summed E-state index contributed by atoms with van der Waals surface area (Å²) in [5.41, 5.74) is 21.2. The summed E-state index contributed by atoms with van der Waals surface area (Å²) < 4.78 is 6.97. The summed E-state index contributed by atoms with van der Waals surface area (Å²) in [5.74, 6) is 0. The zero-order valence-electron chi connectivity index (χ0n) is 41.6. The van der Waals surface area contributed by atoms with Crippen molar-refractivity contribution in [3.63, 3.8) is 0 Å². The van der Waals surface area contributed by atoms with E-state index < -0.39 is 0 Å². The summed E-state index contributed by atoms with van der Waals surface area (Å²) in [6, 6.07) is 108. The highest BCUT2D eigenvalue weighted by molar-refractivity contribution is 6.18. The minimum atomic E-state index is 0.854. The van der Waals surface area contributed by atoms with Gasteiger partial charge in [0.05, 0.1) is 11.1 Å². The average molecular weight is 968 g/mol. The Morgan fingerprint density at radius 3 is 1.26 bits per heavy atom. The van der Waals surface area contributed by atoms with Crippen LogP contribution in [0.5, 0.6) is 0 Å². The summed E-state index contributed by atoms with van der Waals surface area (Å²) in [7, 11) is 0. The van der Waals surface area contributed by atoms with Crippen LogP contribution in [0, 0.1) is 0 Å². The molecule has 2 nitrogen and oxygen atoms in total. The molecule has 0 bridgehead atoms. The maximum Gasteiger partial charge on any atom is 0.145 e. The maximum atomic E-state index is 6.97. The Bertz CT molecular complexity index is 4350. The van der Waals surface area contributed by atoms with Gasteiger partial charge in [0.1, 0.15) is 11.2 Å². The van der Waals surface area contributed by atoms with Gasteiger partial charge in [0.15, 0.2) is 0 Å². The molecule has 0 aliphatic heterocycles. The highest BCUT2D eigenvalue weighted by Gasteiger charge is 2.23. The topological polar surface area (TPSA) is 16.4 Å². The maximum absolute atomic E-state index is 6.97. The van der Waals surface area contributed by atoms with Crippen LogP contribution in [-0.4, -0.2) is 0 Å². The van der Waals surface area contributed by atoms with Crippen molar-refractivity contribution in [1.82, 2.24) is 0 Å². The molecule has 0 N–H and O–H groups in total. The van der Waals surface area contributed by atoms with Gasteiger partial charge in [-0.3, -0.25) is 0 Å². The molecule has 0 aliphatic rings. The second-order valence-electron chi connectivity index (χ2n) is 19.6. The number of hydrogen-bond acceptors (Lipinski definition) is 2. The van der Waals surface area contributed by atoms with E-state index in [2.05, 4.69) is 302 Å². The zero-order valence-corrected chi connectivity index (χ0v) is 41.6. The van der Waals surface area contributed by atoms with Crippen molar-refractivity contribution in [1.29, 1.82) is 0 Å². The highest BCUT2D eigenvalue weighted by Crippen LogP contribution is 2.48. The fraction of sp³-hybridized carbons (Fsp3) is 0. The van der Waals surface area contributed by atoms with Crippen molar-refractivity contribution >= 4 is 60.5 Å². The van der Waals surface area contributed by atoms with Crippen molar-refractivity contribution < 1.29 is 4.42 Å². The van der Waals surface area contributed by atoms with Gasteiger partial charge in [-0.2, -0.15) is 0 Å². The van der Waals surface area contributed by atoms with Crippen molar-refractivity contribution in [2.24, 2.45) is 0 Å². The molecule has 0 aliphatic carbocycles. The van der Waals surface area contributed by atoms with Gasteiger partial charge in [-0.05, 0) is 155 Å². The Kier molecular flexibility index (Phi) is 11.2. The first kappa shape index (κ1) is 44.7. The molecule has 0 radical (unpaired) electrons. The Balaban J connectivity index is 0.899. The van der Waals surface area contributed by atoms with E-state index in [1.807, 2.05) is 0 Å². The number of fused-ring (bicyclic) bond motifs is 5. The third-order valence-corrected chi connectivity index (χ3v) is 15.1. The first-order chi connectivity index (χ1) is 37.7. The average Bonchev–Trinajstić information content (AvgIpc) is 4.02. The molecule has 0 unspecified atom stereocenters. The van der Waals surface area contributed by atoms with Crippen LogP contribution in [0.2, 0.25) is 0 Å². The molecule has 76 heavy (non-hydrogen) atoms. The first-order valence-corrected chi connectivity index (χ1v) is 26.1. The van der Waals surface area contributed by atoms with Crippen molar-refractivity contribution in [2.75, 3.05) is 4.90 Å². The molecule has 0 spiro atoms. The van der Waals surface area contributed by atoms with Crippen LogP contribution in [-0.2, 0) is 0 Å². The van der Waals surface area contributed by atoms with Gasteiger partial charge in [0.2, 0.25) is 0 Å². The quantitative estimate of drug-likeness (QED) is 0.136. The molecule has 14 rings (SSSR count). The van der Waals surface area contributed by atoms with Crippen LogP contribution >= 0.6 is 0 Å². The summed E-state index contributed by atoms with van der Waals surface area (Å²) in [5, 5.41) is 7.03. The van der Waals surface area contributed by atoms with E-state index in [0.717, 1.165) is 66.8 Å². The predicted molar refractivity (Wildman–Crippen MR) is 321 cm³/mol. The van der Waals surface area contributed by atoms with Gasteiger partial charge >= 0.3 is 0 Å². The summed E-state index contributed by atoms with van der Waals surface area (Å²) in [4.78, 5) is 2.40. The van der Waals surface area contributed by atoms with Crippen LogP contribution < -0.4 is 4.90 Å². The lowest BCUT2D eigenvalue weighted by molar-refractivity contribution is 0.670. The first-order valence-electron chi connectivity index (χ1n) is 26.1. The van der Waals surface area contributed by atoms with Gasteiger partial charge in [-0.15, -0.1) is 0 Å². The second kappa shape index (κ2) is 19.1. The van der Waals surface area contributed by atoms with E-state index in [-0.39, 0.29) is 0 Å². The van der Waals surface area contributed by atoms with Gasteiger partial charge in [0, 0.05) is 22.3 Å². The van der Waals surface area contributed by atoms with Crippen molar-refractivity contribution in [3.8, 4) is 77.9 Å². The molecule has 1 aromatic heterocycles. The fourth-order valence-electron chi connectivity index (χ4n) is 11.4. The standard InChI is InChI=1S/C74H49NO/c1-3-17-50(18-4-1)58-47-59(51-19-5-2-6-20-51)49-60(48-58)67-28-12-11-26-64(67)57-39-43-62(44-40-57)75(61-41-37-53(38-42-61)52-33-35-56(36-34-52)65-30-15-23-54-21-7-9-25-63(54)65)71-46-45-69(68-31-16-24-55-22-8-10-27-66(55)68)74-73(71)70-29-13-14-32-72(70)76-74/h1-49H. The Hall–Kier alpha value is -10.0. The number of benzene rings is 13. The van der Waals surface area contributed by atoms with Gasteiger partial charge in [-0.25, -0.2) is 0 Å². The number of nitrogens with zero attached hydrogens (tertiary/aromatic N) is 1. The van der Waals surface area contributed by atoms with Gasteiger partial charge in [0.25, 0.3) is 0 Å². The third-order valence-electron chi connectivity index (χ3n) is 15.1. The van der Waals surface area contributed by atoms with Crippen LogP contribution in [0.4, 0.5) is 17.1 Å². The largest absolute Gasteiger partial charge is 0.455 e. The molecule has 0 atom stereocenters. The van der Waals surface area contributed by atoms with Crippen LogP contribution in [0.25, 0.3) is 121 Å². The van der Waals surface area contributed by atoms with Crippen molar-refractivity contribution in [3.05, 3.63) is 297 Å². The molecule has 14 aromatic rings. The predicted octanol–water partition coefficient (Wildman–Crippen LogP) is 21.0. The van der Waals surface area contributed by atoms with E-state index in [1.165, 1.54) is 71.6 Å². The number of para-hydroxylation sites is 1. The number of hydrogen-bond donors (Lipinski definition) is 0. The van der Waals surface area contributed by atoms with Crippen molar-refractivity contribution in [2.45, 2.75) is 0 Å². The van der Waals surface area contributed by atoms with Crippen LogP contribution in [0.3, 0.4) is 0 Å². The normalized spacial score (nSPS) is 11.4. The molecule has 0 saturated heterocycles. The monoisotopic (exact) mass is 967 g/mol. The van der Waals surface area contributed by atoms with E-state index >= 15 is 0 Å². The summed E-state index contributed by atoms with van der Waals surface area (Å²) >= 11 is 0. The zero-order chi connectivity index (χ0) is 50.4. The molecular weight excluding hydrogens is 919 g/mol. The van der Waals surface area contributed by atoms with Crippen LogP contribution in [0.1, 0.15) is 0 Å². The summed E-state index contributed by atoms with van der Waals surface area (Å²) in [6.07, 6.45) is 0. The molecule has 1 heterocycles. The lowest BCUT2D eigenvalue weighted by Crippen LogP contribution is -2.10. The van der Waals surface area contributed by atoms with Crippen LogP contribution in [0.15, 0.2) is 302 Å². The Morgan fingerprint density at radius 2 is 0.645 bits per heavy atom. The molecule has 356 valence electrons. The van der Waals surface area contributed by atoms with E-state index in [9.17, 15) is 0 Å². The lowest BCUT2D eigenvalue weighted by Gasteiger charge is -2.27. The molecular formula is C74H49NO. The number of furan rings is 1. The number of rotatable bonds is 10. The molecule has 13 aromatic carbocycles. The third kappa shape index (κ3) is 8.10. The van der Waals surface area contributed by atoms with E-state index in [1.54, 1.807) is 0 Å². The lowest BCUT2D eigenvalue weighted by atomic mass is 9.89. The molecule has 0 amide bonds. The Morgan fingerprint density at radius 1 is 0.237 bits per heavy atom. The molecule has 2 heteroatoms. The minimum Gasteiger partial charge on any atom is -0.455 e. The second-order valence-corrected chi connectivity index (χ2v) is 19.6. The number of anilines is 3. The Labute approximate surface area is 442 Å². The summed E-state index contributed by atoms with van der Waals surface area (Å²) in [6.45, 7) is 0.